The molecule has 3 aromatic heterocycles. The summed E-state index contributed by atoms with van der Waals surface area (Å²) in [6, 6.07) is 2.61. The van der Waals surface area contributed by atoms with Crippen LogP contribution in [-0.2, 0) is 14.8 Å². The maximum atomic E-state index is 13.1. The highest BCUT2D eigenvalue weighted by molar-refractivity contribution is 7.93. The third-order valence-corrected chi connectivity index (χ3v) is 8.68. The van der Waals surface area contributed by atoms with Gasteiger partial charge in [-0.3, -0.25) is 19.5 Å². The largest absolute Gasteiger partial charge is 0.477 e. The Balaban J connectivity index is 1.49. The van der Waals surface area contributed by atoms with Gasteiger partial charge in [-0.05, 0) is 38.8 Å². The van der Waals surface area contributed by atoms with Gasteiger partial charge >= 0.3 is 0 Å². The molecule has 0 unspecified atom stereocenters. The zero-order valence-corrected chi connectivity index (χ0v) is 22.3. The maximum absolute atomic E-state index is 13.1. The number of hydrogen-bond acceptors (Lipinski definition) is 10. The van der Waals surface area contributed by atoms with E-state index in [4.69, 9.17) is 9.47 Å². The number of ether oxygens (including phenoxy) is 2. The number of carbonyl (C=O) groups excluding carboxylic acids is 1. The highest BCUT2D eigenvalue weighted by atomic mass is 32.2. The molecular formula is C24H30N6O5S2. The van der Waals surface area contributed by atoms with Crippen LogP contribution in [0.25, 0.3) is 10.6 Å². The van der Waals surface area contributed by atoms with Gasteiger partial charge in [0.2, 0.25) is 15.9 Å². The molecule has 37 heavy (non-hydrogen) atoms. The molecule has 198 valence electrons. The summed E-state index contributed by atoms with van der Waals surface area (Å²) < 4.78 is 39.1. The second kappa shape index (κ2) is 12.4. The van der Waals surface area contributed by atoms with E-state index in [0.717, 1.165) is 12.8 Å². The van der Waals surface area contributed by atoms with Gasteiger partial charge in [0.25, 0.3) is 5.91 Å². The summed E-state index contributed by atoms with van der Waals surface area (Å²) in [5.41, 5.74) is 1.43. The molecule has 11 nitrogen and oxygen atoms in total. The number of aromatic nitrogens is 4. The molecule has 0 radical (unpaired) electrons. The lowest BCUT2D eigenvalue weighted by Crippen LogP contribution is -2.32. The van der Waals surface area contributed by atoms with E-state index in [1.807, 2.05) is 13.8 Å². The first-order valence-electron chi connectivity index (χ1n) is 12.2. The minimum atomic E-state index is -3.49. The molecule has 0 aromatic carbocycles. The van der Waals surface area contributed by atoms with E-state index in [1.165, 1.54) is 23.7 Å². The molecule has 4 rings (SSSR count). The normalized spacial score (nSPS) is 14.9. The number of rotatable bonds is 12. The topological polar surface area (TPSA) is 145 Å². The molecule has 1 saturated carbocycles. The smallest absolute Gasteiger partial charge is 0.280 e. The van der Waals surface area contributed by atoms with Crippen LogP contribution >= 0.6 is 11.3 Å². The van der Waals surface area contributed by atoms with Crippen LogP contribution in [0, 0.1) is 0 Å². The summed E-state index contributed by atoms with van der Waals surface area (Å²) in [5, 5.41) is 2.76. The van der Waals surface area contributed by atoms with Crippen molar-refractivity contribution >= 4 is 33.0 Å². The lowest BCUT2D eigenvalue weighted by atomic mass is 10.2. The average molecular weight is 547 g/mol. The standard InChI is InChI=1S/C24H30N6O5S2/c1-3-34-15-20(18-11-16(9-10-26-18)30-37(32,33)17-7-5-6-8-17)29-23(31)24-27-13-21(36-24)19-12-25-14-22(28-19)35-4-2/h9-14,17,20H,3-8,15H2,1-2H3,(H,26,30)(H,29,31)/t20-/m1/s1. The van der Waals surface area contributed by atoms with Gasteiger partial charge in [0.05, 0.1) is 53.2 Å². The second-order valence-electron chi connectivity index (χ2n) is 8.41. The van der Waals surface area contributed by atoms with Crippen LogP contribution in [0.5, 0.6) is 5.88 Å². The molecule has 1 aliphatic rings. The van der Waals surface area contributed by atoms with E-state index in [-0.39, 0.29) is 16.9 Å². The fourth-order valence-corrected chi connectivity index (χ4v) is 6.34. The van der Waals surface area contributed by atoms with Gasteiger partial charge in [0.15, 0.2) is 5.01 Å². The van der Waals surface area contributed by atoms with Crippen molar-refractivity contribution in [2.45, 2.75) is 50.8 Å². The summed E-state index contributed by atoms with van der Waals surface area (Å²) >= 11 is 1.17. The molecule has 1 atom stereocenters. The van der Waals surface area contributed by atoms with Gasteiger partial charge < -0.3 is 14.8 Å². The molecular weight excluding hydrogens is 516 g/mol. The molecule has 3 heterocycles. The van der Waals surface area contributed by atoms with E-state index >= 15 is 0 Å². The van der Waals surface area contributed by atoms with Crippen LogP contribution in [-0.4, -0.2) is 59.3 Å². The summed E-state index contributed by atoms with van der Waals surface area (Å²) in [6.45, 7) is 4.78. The number of carbonyl (C=O) groups is 1. The Labute approximate surface area is 220 Å². The number of pyridine rings is 1. The molecule has 1 aliphatic carbocycles. The van der Waals surface area contributed by atoms with Gasteiger partial charge in [0, 0.05) is 19.0 Å². The maximum Gasteiger partial charge on any atom is 0.280 e. The van der Waals surface area contributed by atoms with Crippen LogP contribution in [0.3, 0.4) is 0 Å². The number of hydrogen-bond donors (Lipinski definition) is 2. The van der Waals surface area contributed by atoms with Crippen molar-refractivity contribution in [3.8, 4) is 16.5 Å². The quantitative estimate of drug-likeness (QED) is 0.348. The third kappa shape index (κ3) is 6.99. The molecule has 0 bridgehead atoms. The van der Waals surface area contributed by atoms with Crippen LogP contribution in [0.4, 0.5) is 5.69 Å². The Morgan fingerprint density at radius 1 is 1.16 bits per heavy atom. The Morgan fingerprint density at radius 2 is 1.97 bits per heavy atom. The molecule has 0 aliphatic heterocycles. The molecule has 2 N–H and O–H groups in total. The van der Waals surface area contributed by atoms with Gasteiger partial charge in [-0.2, -0.15) is 0 Å². The number of nitrogens with one attached hydrogen (secondary N) is 2. The van der Waals surface area contributed by atoms with Crippen LogP contribution < -0.4 is 14.8 Å². The Hall–Kier alpha value is -3.16. The Morgan fingerprint density at radius 3 is 2.73 bits per heavy atom. The third-order valence-electron chi connectivity index (χ3n) is 5.79. The summed E-state index contributed by atoms with van der Waals surface area (Å²) in [5.74, 6) is -0.0145. The molecule has 0 spiro atoms. The lowest BCUT2D eigenvalue weighted by Gasteiger charge is -2.19. The lowest BCUT2D eigenvalue weighted by molar-refractivity contribution is 0.0853. The first-order chi connectivity index (χ1) is 17.9. The average Bonchev–Trinajstić information content (AvgIpc) is 3.60. The number of sulfonamides is 1. The van der Waals surface area contributed by atoms with E-state index in [9.17, 15) is 13.2 Å². The minimum absolute atomic E-state index is 0.161. The first kappa shape index (κ1) is 26.9. The van der Waals surface area contributed by atoms with Crippen LogP contribution in [0.1, 0.15) is 61.1 Å². The second-order valence-corrected chi connectivity index (χ2v) is 11.4. The first-order valence-corrected chi connectivity index (χ1v) is 14.5. The van der Waals surface area contributed by atoms with Crippen molar-refractivity contribution in [1.82, 2.24) is 25.3 Å². The summed E-state index contributed by atoms with van der Waals surface area (Å²) in [6.07, 6.45) is 9.33. The van der Waals surface area contributed by atoms with E-state index in [1.54, 1.807) is 24.5 Å². The fourth-order valence-electron chi connectivity index (χ4n) is 3.99. The highest BCUT2D eigenvalue weighted by Crippen LogP contribution is 2.28. The van der Waals surface area contributed by atoms with Gasteiger partial charge in [0.1, 0.15) is 5.69 Å². The summed E-state index contributed by atoms with van der Waals surface area (Å²) in [7, 11) is -3.49. The van der Waals surface area contributed by atoms with E-state index in [0.29, 0.717) is 53.9 Å². The molecule has 13 heteroatoms. The SMILES string of the molecule is CCOC[C@@H](NC(=O)c1ncc(-c2cncc(OCC)n2)s1)c1cc(NS(=O)(=O)C2CCCC2)ccn1. The predicted molar refractivity (Wildman–Crippen MR) is 140 cm³/mol. The fraction of sp³-hybridized carbons (Fsp3) is 0.458. The van der Waals surface area contributed by atoms with Crippen LogP contribution in [0.2, 0.25) is 0 Å². The van der Waals surface area contributed by atoms with E-state index in [2.05, 4.69) is 30.0 Å². The number of thiazole rings is 1. The number of nitrogens with zero attached hydrogens (tertiary/aromatic N) is 4. The van der Waals surface area contributed by atoms with Gasteiger partial charge in [-0.15, -0.1) is 11.3 Å². The number of amides is 1. The molecule has 3 aromatic rings. The van der Waals surface area contributed by atoms with Crippen molar-refractivity contribution in [3.05, 3.63) is 47.6 Å². The predicted octanol–water partition coefficient (Wildman–Crippen LogP) is 3.59. The van der Waals surface area contributed by atoms with Crippen molar-refractivity contribution < 1.29 is 22.7 Å². The molecule has 0 saturated heterocycles. The Kier molecular flexibility index (Phi) is 9.00. The monoisotopic (exact) mass is 546 g/mol. The summed E-state index contributed by atoms with van der Waals surface area (Å²) in [4.78, 5) is 30.9. The molecule has 1 fully saturated rings. The van der Waals surface area contributed by atoms with Gasteiger partial charge in [-0.25, -0.2) is 18.4 Å². The Bertz CT molecular complexity index is 1310. The van der Waals surface area contributed by atoms with Crippen LogP contribution in [0.15, 0.2) is 36.9 Å². The highest BCUT2D eigenvalue weighted by Gasteiger charge is 2.29. The van der Waals surface area contributed by atoms with Crippen molar-refractivity contribution in [2.24, 2.45) is 0 Å². The zero-order chi connectivity index (χ0) is 26.3. The van der Waals surface area contributed by atoms with Crippen molar-refractivity contribution in [1.29, 1.82) is 0 Å². The number of anilines is 1. The van der Waals surface area contributed by atoms with Crippen molar-refractivity contribution in [2.75, 3.05) is 24.5 Å². The van der Waals surface area contributed by atoms with Crippen molar-refractivity contribution in [3.63, 3.8) is 0 Å². The minimum Gasteiger partial charge on any atom is -0.477 e. The van der Waals surface area contributed by atoms with Gasteiger partial charge in [-0.1, -0.05) is 12.8 Å². The molecule has 1 amide bonds. The zero-order valence-electron chi connectivity index (χ0n) is 20.7. The van der Waals surface area contributed by atoms with E-state index < -0.39 is 22.0 Å².